The summed E-state index contributed by atoms with van der Waals surface area (Å²) < 4.78 is 1.90. The first-order valence-corrected chi connectivity index (χ1v) is 12.1. The topological polar surface area (TPSA) is 30.7 Å². The van der Waals surface area contributed by atoms with E-state index in [2.05, 4.69) is 89.3 Å². The van der Waals surface area contributed by atoms with Crippen LogP contribution >= 0.6 is 7.53 Å². The fraction of sp³-hybridized carbons (Fsp3) is 0.111. The fourth-order valence-corrected chi connectivity index (χ4v) is 7.71. The lowest BCUT2D eigenvalue weighted by Gasteiger charge is -2.11. The highest BCUT2D eigenvalue weighted by Crippen LogP contribution is 2.62. The van der Waals surface area contributed by atoms with Gasteiger partial charge in [-0.25, -0.2) is 4.68 Å². The monoisotopic (exact) mass is 419 g/mol. The summed E-state index contributed by atoms with van der Waals surface area (Å²) in [6, 6.07) is 32.1. The summed E-state index contributed by atoms with van der Waals surface area (Å²) in [5.41, 5.74) is 6.45. The SMILES string of the molecule is c1ccc(-c2c3c(c(-c4cn(-c5ccccc5)nn4)p2-c2ccccc2)CCC3)cc1. The summed E-state index contributed by atoms with van der Waals surface area (Å²) in [7, 11) is -0.665. The predicted octanol–water partition coefficient (Wildman–Crippen LogP) is 7.07. The molecule has 4 heteroatoms. The Morgan fingerprint density at radius 1 is 0.677 bits per heavy atom. The lowest BCUT2D eigenvalue weighted by molar-refractivity contribution is 0.804. The van der Waals surface area contributed by atoms with Crippen molar-refractivity contribution >= 4 is 7.53 Å². The highest BCUT2D eigenvalue weighted by molar-refractivity contribution is 7.63. The van der Waals surface area contributed by atoms with E-state index in [4.69, 9.17) is 0 Å². The maximum Gasteiger partial charge on any atom is 0.118 e. The van der Waals surface area contributed by atoms with Gasteiger partial charge in [0, 0.05) is 10.6 Å². The smallest absolute Gasteiger partial charge is 0.118 e. The number of para-hydroxylation sites is 1. The van der Waals surface area contributed by atoms with Crippen molar-refractivity contribution in [3.63, 3.8) is 0 Å². The lowest BCUT2D eigenvalue weighted by Crippen LogP contribution is -1.93. The van der Waals surface area contributed by atoms with Crippen LogP contribution in [-0.4, -0.2) is 15.0 Å². The summed E-state index contributed by atoms with van der Waals surface area (Å²) in [6.07, 6.45) is 5.61. The molecule has 0 saturated heterocycles. The zero-order chi connectivity index (χ0) is 20.6. The van der Waals surface area contributed by atoms with Crippen LogP contribution in [0.5, 0.6) is 0 Å². The molecule has 3 nitrogen and oxygen atoms in total. The van der Waals surface area contributed by atoms with Gasteiger partial charge in [-0.05, 0) is 53.4 Å². The molecule has 0 spiro atoms. The maximum absolute atomic E-state index is 4.68. The van der Waals surface area contributed by atoms with Gasteiger partial charge in [0.05, 0.1) is 11.9 Å². The van der Waals surface area contributed by atoms with Crippen LogP contribution in [0.15, 0.2) is 97.2 Å². The Bertz CT molecular complexity index is 1340. The molecule has 6 rings (SSSR count). The van der Waals surface area contributed by atoms with Gasteiger partial charge in [0.1, 0.15) is 5.69 Å². The van der Waals surface area contributed by atoms with E-state index in [1.807, 2.05) is 22.9 Å². The number of aromatic nitrogens is 3. The van der Waals surface area contributed by atoms with E-state index in [0.717, 1.165) is 24.2 Å². The standard InChI is InChI=1S/C27H22N3P/c1-4-11-20(12-5-1)26-23-17-10-18-24(23)27(31(26)22-15-8-3-9-16-22)25-19-30(29-28-25)21-13-6-2-7-14-21/h1-9,11-16,19H,10,17-18H2. The van der Waals surface area contributed by atoms with Crippen LogP contribution in [0.2, 0.25) is 0 Å². The molecule has 0 aliphatic heterocycles. The van der Waals surface area contributed by atoms with Crippen molar-refractivity contribution in [1.29, 1.82) is 0 Å². The summed E-state index contributed by atoms with van der Waals surface area (Å²) in [5, 5.41) is 13.5. The highest BCUT2D eigenvalue weighted by Gasteiger charge is 2.30. The van der Waals surface area contributed by atoms with Gasteiger partial charge in [0.2, 0.25) is 0 Å². The molecular weight excluding hydrogens is 397 g/mol. The fourth-order valence-electron chi connectivity index (χ4n) is 4.73. The number of rotatable bonds is 4. The van der Waals surface area contributed by atoms with Crippen molar-refractivity contribution in [3.8, 4) is 32.8 Å². The van der Waals surface area contributed by atoms with E-state index in [1.54, 1.807) is 5.56 Å². The molecule has 1 unspecified atom stereocenters. The van der Waals surface area contributed by atoms with Gasteiger partial charge in [-0.2, -0.15) is 0 Å². The maximum atomic E-state index is 4.68. The number of nitrogens with zero attached hydrogens (tertiary/aromatic N) is 3. The molecule has 5 aromatic rings. The third-order valence-corrected chi connectivity index (χ3v) is 8.79. The first kappa shape index (κ1) is 18.4. The average molecular weight is 419 g/mol. The van der Waals surface area contributed by atoms with Gasteiger partial charge in [-0.1, -0.05) is 91.6 Å². The van der Waals surface area contributed by atoms with Crippen LogP contribution in [0.25, 0.3) is 32.8 Å². The summed E-state index contributed by atoms with van der Waals surface area (Å²) >= 11 is 0. The molecule has 1 atom stereocenters. The average Bonchev–Trinajstić information content (AvgIpc) is 3.56. The first-order valence-electron chi connectivity index (χ1n) is 10.8. The van der Waals surface area contributed by atoms with Crippen molar-refractivity contribution in [2.24, 2.45) is 0 Å². The molecule has 0 amide bonds. The molecule has 150 valence electrons. The van der Waals surface area contributed by atoms with Crippen molar-refractivity contribution < 1.29 is 0 Å². The van der Waals surface area contributed by atoms with Gasteiger partial charge in [-0.15, -0.1) is 5.10 Å². The second-order valence-corrected chi connectivity index (χ2v) is 10.0. The Kier molecular flexibility index (Phi) is 4.55. The van der Waals surface area contributed by atoms with Gasteiger partial charge >= 0.3 is 0 Å². The van der Waals surface area contributed by atoms with Gasteiger partial charge < -0.3 is 0 Å². The normalized spacial score (nSPS) is 13.4. The van der Waals surface area contributed by atoms with E-state index < -0.39 is 7.53 Å². The minimum absolute atomic E-state index is 0.665. The lowest BCUT2D eigenvalue weighted by atomic mass is 10.1. The minimum atomic E-state index is -0.665. The molecule has 3 aromatic carbocycles. The molecule has 0 fully saturated rings. The van der Waals surface area contributed by atoms with Crippen LogP contribution in [0, 0.1) is 0 Å². The molecular formula is C27H22N3P. The highest BCUT2D eigenvalue weighted by atomic mass is 31.1. The number of benzene rings is 3. The Morgan fingerprint density at radius 2 is 1.29 bits per heavy atom. The van der Waals surface area contributed by atoms with E-state index in [9.17, 15) is 0 Å². The molecule has 0 radical (unpaired) electrons. The molecule has 31 heavy (non-hydrogen) atoms. The molecule has 0 N–H and O–H groups in total. The molecule has 1 aliphatic rings. The van der Waals surface area contributed by atoms with Crippen molar-refractivity contribution in [1.82, 2.24) is 15.0 Å². The number of hydrogen-bond acceptors (Lipinski definition) is 2. The molecule has 0 saturated carbocycles. The number of fused-ring (bicyclic) bond motifs is 1. The van der Waals surface area contributed by atoms with Gasteiger partial charge in [0.25, 0.3) is 0 Å². The van der Waals surface area contributed by atoms with E-state index in [-0.39, 0.29) is 0 Å². The molecule has 2 aromatic heterocycles. The largest absolute Gasteiger partial charge is 0.220 e. The molecule has 2 heterocycles. The summed E-state index contributed by atoms with van der Waals surface area (Å²) in [4.78, 5) is 0. The minimum Gasteiger partial charge on any atom is -0.220 e. The molecule has 0 bridgehead atoms. The third-order valence-electron chi connectivity index (χ3n) is 6.06. The Hall–Kier alpha value is -3.42. The summed E-state index contributed by atoms with van der Waals surface area (Å²) in [5.74, 6) is 0. The van der Waals surface area contributed by atoms with Crippen molar-refractivity contribution in [3.05, 3.63) is 108 Å². The van der Waals surface area contributed by atoms with E-state index >= 15 is 0 Å². The second kappa shape index (κ2) is 7.68. The Balaban J connectivity index is 1.62. The van der Waals surface area contributed by atoms with E-state index in [0.29, 0.717) is 0 Å². The third kappa shape index (κ3) is 3.13. The van der Waals surface area contributed by atoms with Crippen LogP contribution < -0.4 is 0 Å². The van der Waals surface area contributed by atoms with Gasteiger partial charge in [0.15, 0.2) is 0 Å². The van der Waals surface area contributed by atoms with Crippen LogP contribution in [0.4, 0.5) is 0 Å². The van der Waals surface area contributed by atoms with Crippen LogP contribution in [0.1, 0.15) is 17.5 Å². The second-order valence-electron chi connectivity index (χ2n) is 7.93. The van der Waals surface area contributed by atoms with Crippen LogP contribution in [-0.2, 0) is 12.8 Å². The van der Waals surface area contributed by atoms with Crippen molar-refractivity contribution in [2.75, 3.05) is 0 Å². The Labute approximate surface area is 183 Å². The van der Waals surface area contributed by atoms with Crippen molar-refractivity contribution in [2.45, 2.75) is 19.3 Å². The molecule has 1 aliphatic carbocycles. The van der Waals surface area contributed by atoms with E-state index in [1.165, 1.54) is 33.4 Å². The summed E-state index contributed by atoms with van der Waals surface area (Å²) in [6.45, 7) is 0. The Morgan fingerprint density at radius 3 is 2.00 bits per heavy atom. The number of hydrogen-bond donors (Lipinski definition) is 0. The zero-order valence-corrected chi connectivity index (χ0v) is 18.0. The quantitative estimate of drug-likeness (QED) is 0.312. The first-order chi connectivity index (χ1) is 15.4. The predicted molar refractivity (Wildman–Crippen MR) is 128 cm³/mol. The van der Waals surface area contributed by atoms with Crippen LogP contribution in [0.3, 0.4) is 0 Å². The zero-order valence-electron chi connectivity index (χ0n) is 17.1. The van der Waals surface area contributed by atoms with Gasteiger partial charge in [-0.3, -0.25) is 0 Å².